The summed E-state index contributed by atoms with van der Waals surface area (Å²) >= 11 is 0. The fourth-order valence-electron chi connectivity index (χ4n) is 5.36. The summed E-state index contributed by atoms with van der Waals surface area (Å²) in [6.07, 6.45) is 1.66. The number of pyridine rings is 1. The number of nitrogens with zero attached hydrogens (tertiary/aromatic N) is 3. The van der Waals surface area contributed by atoms with Gasteiger partial charge in [-0.25, -0.2) is 0 Å². The number of rotatable bonds is 10. The minimum absolute atomic E-state index is 0.0591. The molecule has 4 aromatic rings. The van der Waals surface area contributed by atoms with Crippen LogP contribution in [0.2, 0.25) is 0 Å². The van der Waals surface area contributed by atoms with Gasteiger partial charge >= 0.3 is 0 Å². The van der Waals surface area contributed by atoms with E-state index in [0.29, 0.717) is 23.6 Å². The predicted octanol–water partition coefficient (Wildman–Crippen LogP) is 6.44. The van der Waals surface area contributed by atoms with Crippen LogP contribution in [0.5, 0.6) is 5.75 Å². The molecule has 1 aliphatic heterocycles. The number of aromatic nitrogens is 1. The van der Waals surface area contributed by atoms with Gasteiger partial charge in [-0.3, -0.25) is 14.6 Å². The molecule has 5 rings (SSSR count). The van der Waals surface area contributed by atoms with Crippen LogP contribution in [0.4, 0.5) is 5.69 Å². The van der Waals surface area contributed by atoms with Crippen LogP contribution in [0.3, 0.4) is 0 Å². The zero-order valence-corrected chi connectivity index (χ0v) is 24.2. The summed E-state index contributed by atoms with van der Waals surface area (Å²) in [6, 6.07) is 27.7. The molecule has 1 N–H and O–H groups in total. The first-order chi connectivity index (χ1) is 20.4. The molecule has 1 fully saturated rings. The predicted molar refractivity (Wildman–Crippen MR) is 164 cm³/mol. The third kappa shape index (κ3) is 5.91. The minimum atomic E-state index is -0.771. The van der Waals surface area contributed by atoms with Gasteiger partial charge in [0.2, 0.25) is 0 Å². The summed E-state index contributed by atoms with van der Waals surface area (Å²) < 4.78 is 6.01. The first kappa shape index (κ1) is 28.6. The Bertz CT molecular complexity index is 1580. The molecular weight excluding hydrogens is 526 g/mol. The number of carbonyl (C=O) groups is 2. The molecule has 7 heteroatoms. The van der Waals surface area contributed by atoms with Crippen molar-refractivity contribution < 1.29 is 19.4 Å². The zero-order chi connectivity index (χ0) is 29.6. The number of Topliss-reactive ketones (excluding diaryl/α,β-unsaturated/α-hetero) is 1. The van der Waals surface area contributed by atoms with Crippen LogP contribution in [0.25, 0.3) is 5.76 Å². The van der Waals surface area contributed by atoms with E-state index in [1.54, 1.807) is 30.5 Å². The fraction of sp³-hybridized carbons (Fsp3) is 0.229. The molecule has 2 heterocycles. The lowest BCUT2D eigenvalue weighted by Crippen LogP contribution is -2.29. The number of hydrogen-bond acceptors (Lipinski definition) is 6. The molecule has 1 atom stereocenters. The van der Waals surface area contributed by atoms with Gasteiger partial charge < -0.3 is 19.6 Å². The molecular formula is C35H35N3O4. The van der Waals surface area contributed by atoms with Gasteiger partial charge in [0.15, 0.2) is 0 Å². The lowest BCUT2D eigenvalue weighted by Gasteiger charge is -2.26. The molecule has 0 radical (unpaired) electrons. The molecule has 1 amide bonds. The molecule has 7 nitrogen and oxygen atoms in total. The zero-order valence-electron chi connectivity index (χ0n) is 24.2. The summed E-state index contributed by atoms with van der Waals surface area (Å²) in [4.78, 5) is 35.0. The Morgan fingerprint density at radius 3 is 2.29 bits per heavy atom. The van der Waals surface area contributed by atoms with E-state index in [2.05, 4.69) is 23.7 Å². The number of aryl methyl sites for hydroxylation is 1. The molecule has 3 aromatic carbocycles. The van der Waals surface area contributed by atoms with Crippen molar-refractivity contribution in [1.82, 2.24) is 9.88 Å². The van der Waals surface area contributed by atoms with Gasteiger partial charge in [-0.05, 0) is 79.9 Å². The summed E-state index contributed by atoms with van der Waals surface area (Å²) in [7, 11) is 0. The number of ether oxygens (including phenoxy) is 1. The second-order valence-electron chi connectivity index (χ2n) is 10.3. The average molecular weight is 562 g/mol. The third-order valence-electron chi connectivity index (χ3n) is 7.62. The molecule has 0 spiro atoms. The topological polar surface area (TPSA) is 83.0 Å². The number of aliphatic hydroxyl groups is 1. The van der Waals surface area contributed by atoms with Gasteiger partial charge in [0, 0.05) is 30.5 Å². The number of benzene rings is 3. The summed E-state index contributed by atoms with van der Waals surface area (Å²) in [5, 5.41) is 11.6. The highest BCUT2D eigenvalue weighted by atomic mass is 16.5. The average Bonchev–Trinajstić information content (AvgIpc) is 3.27. The lowest BCUT2D eigenvalue weighted by atomic mass is 9.94. The number of hydrogen-bond donors (Lipinski definition) is 1. The van der Waals surface area contributed by atoms with Crippen LogP contribution in [0, 0.1) is 6.92 Å². The van der Waals surface area contributed by atoms with Crippen molar-refractivity contribution in [2.24, 2.45) is 0 Å². The van der Waals surface area contributed by atoms with Crippen molar-refractivity contribution in [3.05, 3.63) is 131 Å². The Kier molecular flexibility index (Phi) is 8.67. The van der Waals surface area contributed by atoms with E-state index in [1.807, 2.05) is 73.7 Å². The molecule has 1 unspecified atom stereocenters. The Balaban J connectivity index is 1.52. The van der Waals surface area contributed by atoms with Gasteiger partial charge in [0.1, 0.15) is 18.1 Å². The summed E-state index contributed by atoms with van der Waals surface area (Å²) in [6.45, 7) is 8.35. The Labute approximate surface area is 246 Å². The van der Waals surface area contributed by atoms with Crippen LogP contribution in [-0.2, 0) is 22.7 Å². The number of anilines is 1. The highest BCUT2D eigenvalue weighted by molar-refractivity contribution is 6.46. The maximum Gasteiger partial charge on any atom is 0.296 e. The molecule has 0 bridgehead atoms. The van der Waals surface area contributed by atoms with E-state index >= 15 is 0 Å². The molecule has 1 saturated heterocycles. The van der Waals surface area contributed by atoms with E-state index < -0.39 is 17.7 Å². The standard InChI is InChI=1S/C35H35N3O4/c1-4-37(5-2)29-17-14-26(15-18-29)32-31(34(40)35(41)38(32)22-28-13-9-10-20-36-28)33(39)27-16-19-30(24(3)21-27)42-23-25-11-7-6-8-12-25/h6-21,32,39H,4-5,22-23H2,1-3H3/b33-31-. The van der Waals surface area contributed by atoms with Crippen LogP contribution in [0.15, 0.2) is 103 Å². The lowest BCUT2D eigenvalue weighted by molar-refractivity contribution is -0.140. The fourth-order valence-corrected chi connectivity index (χ4v) is 5.36. The van der Waals surface area contributed by atoms with Gasteiger partial charge in [-0.15, -0.1) is 0 Å². The first-order valence-corrected chi connectivity index (χ1v) is 14.2. The van der Waals surface area contributed by atoms with Crippen molar-refractivity contribution in [3.63, 3.8) is 0 Å². The molecule has 1 aromatic heterocycles. The van der Waals surface area contributed by atoms with E-state index in [4.69, 9.17) is 4.74 Å². The molecule has 42 heavy (non-hydrogen) atoms. The van der Waals surface area contributed by atoms with Crippen molar-refractivity contribution in [1.29, 1.82) is 0 Å². The first-order valence-electron chi connectivity index (χ1n) is 14.2. The monoisotopic (exact) mass is 561 g/mol. The molecule has 1 aliphatic rings. The van der Waals surface area contributed by atoms with Crippen molar-refractivity contribution >= 4 is 23.1 Å². The van der Waals surface area contributed by atoms with Gasteiger partial charge in [-0.1, -0.05) is 48.5 Å². The number of ketones is 1. The second kappa shape index (κ2) is 12.7. The van der Waals surface area contributed by atoms with E-state index in [1.165, 1.54) is 4.90 Å². The number of carbonyl (C=O) groups excluding carboxylic acids is 2. The van der Waals surface area contributed by atoms with Crippen LogP contribution >= 0.6 is 0 Å². The van der Waals surface area contributed by atoms with E-state index in [9.17, 15) is 14.7 Å². The number of amides is 1. The third-order valence-corrected chi connectivity index (χ3v) is 7.62. The quantitative estimate of drug-likeness (QED) is 0.136. The molecule has 214 valence electrons. The Morgan fingerprint density at radius 1 is 0.929 bits per heavy atom. The van der Waals surface area contributed by atoms with Crippen molar-refractivity contribution in [3.8, 4) is 5.75 Å². The highest BCUT2D eigenvalue weighted by Gasteiger charge is 2.46. The van der Waals surface area contributed by atoms with Crippen molar-refractivity contribution in [2.75, 3.05) is 18.0 Å². The smallest absolute Gasteiger partial charge is 0.296 e. The van der Waals surface area contributed by atoms with Crippen molar-refractivity contribution in [2.45, 2.75) is 40.0 Å². The van der Waals surface area contributed by atoms with Crippen LogP contribution in [0.1, 0.15) is 47.8 Å². The van der Waals surface area contributed by atoms with E-state index in [0.717, 1.165) is 35.5 Å². The number of aliphatic hydroxyl groups excluding tert-OH is 1. The van der Waals surface area contributed by atoms with Gasteiger partial charge in [-0.2, -0.15) is 0 Å². The largest absolute Gasteiger partial charge is 0.507 e. The van der Waals surface area contributed by atoms with Gasteiger partial charge in [0.05, 0.1) is 23.9 Å². The van der Waals surface area contributed by atoms with Crippen LogP contribution < -0.4 is 9.64 Å². The Morgan fingerprint density at radius 2 is 1.64 bits per heavy atom. The number of likely N-dealkylation sites (tertiary alicyclic amines) is 1. The van der Waals surface area contributed by atoms with E-state index in [-0.39, 0.29) is 17.9 Å². The normalized spacial score (nSPS) is 16.1. The second-order valence-corrected chi connectivity index (χ2v) is 10.3. The van der Waals surface area contributed by atoms with Gasteiger partial charge in [0.25, 0.3) is 11.7 Å². The highest BCUT2D eigenvalue weighted by Crippen LogP contribution is 2.41. The molecule has 0 aliphatic carbocycles. The summed E-state index contributed by atoms with van der Waals surface area (Å²) in [5.41, 5.74) is 4.79. The van der Waals surface area contributed by atoms with Crippen LogP contribution in [-0.4, -0.2) is 39.8 Å². The Hall–Kier alpha value is -4.91. The minimum Gasteiger partial charge on any atom is -0.507 e. The summed E-state index contributed by atoms with van der Waals surface area (Å²) in [5.74, 6) is -0.926. The SMILES string of the molecule is CCN(CC)c1ccc(C2/C(=C(/O)c3ccc(OCc4ccccc4)c(C)c3)C(=O)C(=O)N2Cc2ccccn2)cc1. The molecule has 0 saturated carbocycles. The maximum absolute atomic E-state index is 13.5. The maximum atomic E-state index is 13.5.